The number of methoxy groups -OCH3 is 1. The summed E-state index contributed by atoms with van der Waals surface area (Å²) in [6, 6.07) is 9.37. The predicted molar refractivity (Wildman–Crippen MR) is 220 cm³/mol. The van der Waals surface area contributed by atoms with Crippen LogP contribution in [0.15, 0.2) is 36.4 Å². The second-order valence-electron chi connectivity index (χ2n) is 17.4. The maximum Gasteiger partial charge on any atom is 0.418 e. The molecule has 2 aromatic rings. The van der Waals surface area contributed by atoms with Crippen molar-refractivity contribution in [3.63, 3.8) is 0 Å². The van der Waals surface area contributed by atoms with Crippen molar-refractivity contribution in [3.05, 3.63) is 58.1 Å². The van der Waals surface area contributed by atoms with Gasteiger partial charge in [0.1, 0.15) is 0 Å². The van der Waals surface area contributed by atoms with Crippen LogP contribution < -0.4 is 11.1 Å². The molecule has 2 aromatic carbocycles. The highest BCUT2D eigenvalue weighted by atomic mass is 35.5. The maximum absolute atomic E-state index is 14.2. The Bertz CT molecular complexity index is 1940. The average molecular weight is 877 g/mol. The smallest absolute Gasteiger partial charge is 0.418 e. The number of likely N-dealkylation sites (tertiary alicyclic amines) is 3. The second kappa shape index (κ2) is 19.1. The fraction of sp³-hybridized carbons (Fsp3) is 0.605. The molecule has 18 heteroatoms. The Kier molecular flexibility index (Phi) is 14.3. The van der Waals surface area contributed by atoms with Crippen LogP contribution in [0, 0.1) is 17.3 Å². The number of hydrogen-bond donors (Lipinski definition) is 2. The van der Waals surface area contributed by atoms with Gasteiger partial charge in [-0.2, -0.15) is 13.2 Å². The van der Waals surface area contributed by atoms with Gasteiger partial charge in [-0.15, -0.1) is 0 Å². The lowest BCUT2D eigenvalue weighted by molar-refractivity contribution is -0.186. The van der Waals surface area contributed by atoms with Crippen LogP contribution >= 0.6 is 11.6 Å². The number of halogens is 4. The first-order valence-electron chi connectivity index (χ1n) is 20.9. The van der Waals surface area contributed by atoms with Crippen molar-refractivity contribution in [1.82, 2.24) is 19.6 Å². The molecule has 61 heavy (non-hydrogen) atoms. The summed E-state index contributed by atoms with van der Waals surface area (Å²) in [5, 5.41) is 2.65. The van der Waals surface area contributed by atoms with Crippen LogP contribution in [0.3, 0.4) is 0 Å². The van der Waals surface area contributed by atoms with Crippen molar-refractivity contribution in [2.75, 3.05) is 64.0 Å². The number of nitrogens with one attached hydrogen (secondary N) is 1. The first kappa shape index (κ1) is 45.7. The van der Waals surface area contributed by atoms with Crippen LogP contribution in [-0.2, 0) is 47.6 Å². The van der Waals surface area contributed by atoms with Gasteiger partial charge < -0.3 is 40.0 Å². The van der Waals surface area contributed by atoms with Crippen LogP contribution in [0.4, 0.5) is 34.1 Å². The van der Waals surface area contributed by atoms with Gasteiger partial charge in [0, 0.05) is 64.0 Å². The van der Waals surface area contributed by atoms with E-state index in [4.69, 9.17) is 31.5 Å². The number of piperidine rings is 3. The number of nitrogen functional groups attached to an aromatic ring is 1. The van der Waals surface area contributed by atoms with Crippen LogP contribution in [-0.4, -0.2) is 121 Å². The number of fused-ring (bicyclic) bond motifs is 1. The molecule has 0 aromatic heterocycles. The Morgan fingerprint density at radius 2 is 1.48 bits per heavy atom. The lowest BCUT2D eigenvalue weighted by Gasteiger charge is -2.42. The largest absolute Gasteiger partial charge is 0.465 e. The molecule has 14 nitrogen and oxygen atoms in total. The molecule has 3 N–H and O–H groups in total. The molecule has 4 aliphatic heterocycles. The Morgan fingerprint density at radius 1 is 0.869 bits per heavy atom. The molecule has 3 fully saturated rings. The number of rotatable bonds is 9. The number of benzene rings is 2. The van der Waals surface area contributed by atoms with Gasteiger partial charge in [-0.25, -0.2) is 14.4 Å². The summed E-state index contributed by atoms with van der Waals surface area (Å²) in [6.45, 7) is 7.81. The minimum atomic E-state index is -4.81. The van der Waals surface area contributed by atoms with Gasteiger partial charge in [0.25, 0.3) is 12.1 Å². The van der Waals surface area contributed by atoms with E-state index in [1.807, 2.05) is 29.2 Å². The third-order valence-electron chi connectivity index (χ3n) is 12.4. The fourth-order valence-corrected chi connectivity index (χ4v) is 9.03. The van der Waals surface area contributed by atoms with Crippen LogP contribution in [0.5, 0.6) is 0 Å². The molecular formula is C43H56ClF3N6O8. The molecule has 2 atom stereocenters. The van der Waals surface area contributed by atoms with Gasteiger partial charge >= 0.3 is 30.2 Å². The Balaban J connectivity index is 1.09. The maximum atomic E-state index is 14.2. The molecule has 4 amide bonds. The molecule has 0 radical (unpaired) electrons. The molecule has 0 bridgehead atoms. The molecule has 0 saturated carbocycles. The van der Waals surface area contributed by atoms with Crippen molar-refractivity contribution < 1.29 is 51.4 Å². The van der Waals surface area contributed by atoms with E-state index in [1.54, 1.807) is 30.6 Å². The van der Waals surface area contributed by atoms with Crippen molar-refractivity contribution in [2.24, 2.45) is 17.3 Å². The Morgan fingerprint density at radius 3 is 2.08 bits per heavy atom. The summed E-state index contributed by atoms with van der Waals surface area (Å²) >= 11 is 6.15. The van der Waals surface area contributed by atoms with Crippen LogP contribution in [0.2, 0.25) is 5.02 Å². The summed E-state index contributed by atoms with van der Waals surface area (Å²) in [4.78, 5) is 73.0. The van der Waals surface area contributed by atoms with E-state index in [9.17, 15) is 37.1 Å². The highest BCUT2D eigenvalue weighted by Gasteiger charge is 2.41. The lowest BCUT2D eigenvalue weighted by Crippen LogP contribution is -2.52. The van der Waals surface area contributed by atoms with E-state index in [0.29, 0.717) is 64.8 Å². The van der Waals surface area contributed by atoms with Gasteiger partial charge in [-0.1, -0.05) is 29.8 Å². The molecule has 1 unspecified atom stereocenters. The minimum Gasteiger partial charge on any atom is -0.465 e. The molecule has 6 rings (SSSR count). The number of ether oxygens (including phenoxy) is 3. The van der Waals surface area contributed by atoms with E-state index < -0.39 is 59.1 Å². The number of nitrogens with two attached hydrogens (primary N) is 1. The Labute approximate surface area is 359 Å². The SMILES string of the molecule is COC(=O)C(OC(=O)C(C)(C)C)N1CCC(C2CCN(C(=O)[C@@H](Cc3cc(Cl)c(N)c(C(F)(F)F)c3)OC(=O)N3CCC(N4CCc5ccccc5NC4=O)CC3)CC2)CC1. The van der Waals surface area contributed by atoms with Gasteiger partial charge in [-0.05, 0) is 107 Å². The van der Waals surface area contributed by atoms with E-state index in [0.717, 1.165) is 30.2 Å². The first-order chi connectivity index (χ1) is 28.8. The van der Waals surface area contributed by atoms with Crippen molar-refractivity contribution >= 4 is 52.9 Å². The first-order valence-corrected chi connectivity index (χ1v) is 21.3. The number of urea groups is 1. The van der Waals surface area contributed by atoms with Crippen molar-refractivity contribution in [2.45, 2.75) is 96.7 Å². The number of para-hydroxylation sites is 1. The summed E-state index contributed by atoms with van der Waals surface area (Å²) in [5.74, 6) is -1.17. The van der Waals surface area contributed by atoms with Crippen molar-refractivity contribution in [1.29, 1.82) is 0 Å². The van der Waals surface area contributed by atoms with E-state index in [-0.39, 0.29) is 54.0 Å². The Hall–Kier alpha value is -4.77. The minimum absolute atomic E-state index is 0.0321. The molecule has 3 saturated heterocycles. The topological polar surface area (TPSA) is 164 Å². The van der Waals surface area contributed by atoms with Gasteiger partial charge in [-0.3, -0.25) is 14.5 Å². The third kappa shape index (κ3) is 11.0. The fourth-order valence-electron chi connectivity index (χ4n) is 8.79. The van der Waals surface area contributed by atoms with Crippen LogP contribution in [0.25, 0.3) is 0 Å². The van der Waals surface area contributed by atoms with E-state index >= 15 is 0 Å². The third-order valence-corrected chi connectivity index (χ3v) is 12.7. The highest BCUT2D eigenvalue weighted by Crippen LogP contribution is 2.39. The number of carbonyl (C=O) groups excluding carboxylic acids is 5. The summed E-state index contributed by atoms with van der Waals surface area (Å²) in [5.41, 5.74) is 4.94. The number of esters is 2. The van der Waals surface area contributed by atoms with Crippen LogP contribution in [0.1, 0.15) is 76.0 Å². The molecule has 0 spiro atoms. The molecule has 0 aliphatic carbocycles. The molecule has 4 heterocycles. The van der Waals surface area contributed by atoms with Gasteiger partial charge in [0.2, 0.25) is 0 Å². The molecule has 4 aliphatic rings. The summed E-state index contributed by atoms with van der Waals surface area (Å²) < 4.78 is 58.3. The number of amides is 4. The lowest BCUT2D eigenvalue weighted by atomic mass is 9.78. The zero-order valence-electron chi connectivity index (χ0n) is 35.1. The van der Waals surface area contributed by atoms with Gasteiger partial charge in [0.15, 0.2) is 6.10 Å². The number of carbonyl (C=O) groups is 5. The molecular weight excluding hydrogens is 821 g/mol. The zero-order chi connectivity index (χ0) is 44.2. The normalized spacial score (nSPS) is 19.9. The quantitative estimate of drug-likeness (QED) is 0.160. The number of hydrogen-bond acceptors (Lipinski definition) is 10. The average Bonchev–Trinajstić information content (AvgIpc) is 3.40. The molecule has 334 valence electrons. The summed E-state index contributed by atoms with van der Waals surface area (Å²) in [7, 11) is 1.25. The summed E-state index contributed by atoms with van der Waals surface area (Å²) in [6.07, 6.45) is -4.19. The van der Waals surface area contributed by atoms with Gasteiger partial charge in [0.05, 0.1) is 28.8 Å². The predicted octanol–water partition coefficient (Wildman–Crippen LogP) is 6.58. The highest BCUT2D eigenvalue weighted by molar-refractivity contribution is 6.33. The second-order valence-corrected chi connectivity index (χ2v) is 17.8. The van der Waals surface area contributed by atoms with E-state index in [1.165, 1.54) is 18.1 Å². The number of anilines is 2. The van der Waals surface area contributed by atoms with Crippen molar-refractivity contribution in [3.8, 4) is 0 Å². The zero-order valence-corrected chi connectivity index (χ0v) is 35.9. The van der Waals surface area contributed by atoms with E-state index in [2.05, 4.69) is 5.32 Å². The number of nitrogens with zero attached hydrogens (tertiary/aromatic N) is 4. The standard InChI is InChI=1S/C43H56ClF3N6O8/c1-42(2,3)39(56)61-37(38(55)59-4)51-18-11-28(12-19-51)27-9-16-50(17-10-27)36(54)34(25-26-23-31(43(45,46)47)35(48)32(44)24-26)60-41(58)52-20-14-30(15-21-52)53-22-13-29-7-5-6-8-33(29)49-40(53)57/h5-8,23-24,27-28,30,34,37H,9-22,25,48H2,1-4H3,(H,49,57)/t34-,37?/m1/s1. The monoisotopic (exact) mass is 876 g/mol. The number of alkyl halides is 3.